The van der Waals surface area contributed by atoms with E-state index in [1.165, 1.54) is 17.0 Å². The van der Waals surface area contributed by atoms with Crippen LogP contribution in [0.5, 0.6) is 0 Å². The Kier molecular flexibility index (Phi) is 7.86. The molecule has 0 aromatic heterocycles. The number of nitrogens with zero attached hydrogens (tertiary/aromatic N) is 2. The number of amides is 3. The van der Waals surface area contributed by atoms with Crippen molar-refractivity contribution in [2.45, 2.75) is 50.6 Å². The standard InChI is InChI=1S/C24H29N3O5S/c1-3-15-25-23(29)18(2)26(17-19-10-5-4-6-11-19)22(28)14-9-16-27-24(30)20-12-7-8-13-21(20)33(27,31)32/h4-8,10-13,18H,3,9,14-17H2,1-2H3,(H,25,29)/t18-/m1/s1. The van der Waals surface area contributed by atoms with E-state index >= 15 is 0 Å². The molecule has 1 aliphatic rings. The number of sulfonamides is 1. The molecule has 176 valence electrons. The van der Waals surface area contributed by atoms with Gasteiger partial charge in [0.25, 0.3) is 15.9 Å². The van der Waals surface area contributed by atoms with Gasteiger partial charge in [0, 0.05) is 26.1 Å². The minimum atomic E-state index is -3.91. The fourth-order valence-corrected chi connectivity index (χ4v) is 5.34. The van der Waals surface area contributed by atoms with Crippen molar-refractivity contribution in [3.05, 3.63) is 65.7 Å². The Hall–Kier alpha value is -3.20. The number of benzene rings is 2. The van der Waals surface area contributed by atoms with Gasteiger partial charge >= 0.3 is 0 Å². The first-order valence-electron chi connectivity index (χ1n) is 11.0. The van der Waals surface area contributed by atoms with Gasteiger partial charge in [0.15, 0.2) is 0 Å². The van der Waals surface area contributed by atoms with E-state index in [1.807, 2.05) is 37.3 Å². The van der Waals surface area contributed by atoms with Crippen LogP contribution in [0.3, 0.4) is 0 Å². The third kappa shape index (κ3) is 5.42. The van der Waals surface area contributed by atoms with Crippen molar-refractivity contribution in [3.8, 4) is 0 Å². The Balaban J connectivity index is 1.68. The summed E-state index contributed by atoms with van der Waals surface area (Å²) in [6, 6.07) is 14.7. The van der Waals surface area contributed by atoms with Gasteiger partial charge in [0.2, 0.25) is 11.8 Å². The summed E-state index contributed by atoms with van der Waals surface area (Å²) in [7, 11) is -3.91. The van der Waals surface area contributed by atoms with Gasteiger partial charge < -0.3 is 10.2 Å². The fraction of sp³-hybridized carbons (Fsp3) is 0.375. The lowest BCUT2D eigenvalue weighted by atomic mass is 10.1. The van der Waals surface area contributed by atoms with E-state index in [-0.39, 0.29) is 48.2 Å². The normalized spacial score (nSPS) is 15.1. The molecule has 3 rings (SSSR count). The summed E-state index contributed by atoms with van der Waals surface area (Å²) in [6.45, 7) is 4.30. The molecule has 0 spiro atoms. The zero-order valence-corrected chi connectivity index (χ0v) is 19.7. The van der Waals surface area contributed by atoms with Crippen molar-refractivity contribution >= 4 is 27.7 Å². The van der Waals surface area contributed by atoms with E-state index in [1.54, 1.807) is 19.1 Å². The van der Waals surface area contributed by atoms with Gasteiger partial charge in [-0.3, -0.25) is 14.4 Å². The van der Waals surface area contributed by atoms with Crippen LogP contribution in [0, 0.1) is 0 Å². The van der Waals surface area contributed by atoms with E-state index in [0.717, 1.165) is 16.3 Å². The lowest BCUT2D eigenvalue weighted by molar-refractivity contribution is -0.140. The molecule has 8 nitrogen and oxygen atoms in total. The molecular weight excluding hydrogens is 442 g/mol. The minimum Gasteiger partial charge on any atom is -0.354 e. The lowest BCUT2D eigenvalue weighted by Crippen LogP contribution is -2.47. The van der Waals surface area contributed by atoms with E-state index in [0.29, 0.717) is 6.54 Å². The average molecular weight is 472 g/mol. The first kappa shape index (κ1) is 24.4. The molecule has 0 saturated heterocycles. The number of carbonyl (C=O) groups excluding carboxylic acids is 3. The van der Waals surface area contributed by atoms with E-state index < -0.39 is 22.0 Å². The number of hydrogen-bond donors (Lipinski definition) is 1. The predicted octanol–water partition coefficient (Wildman–Crippen LogP) is 2.55. The SMILES string of the molecule is CCCNC(=O)[C@@H](C)N(Cc1ccccc1)C(=O)CCCN1C(=O)c2ccccc2S1(=O)=O. The van der Waals surface area contributed by atoms with Gasteiger partial charge in [-0.15, -0.1) is 0 Å². The Morgan fingerprint density at radius 2 is 1.73 bits per heavy atom. The maximum Gasteiger partial charge on any atom is 0.269 e. The molecule has 1 aliphatic heterocycles. The summed E-state index contributed by atoms with van der Waals surface area (Å²) < 4.78 is 26.2. The molecule has 0 unspecified atom stereocenters. The summed E-state index contributed by atoms with van der Waals surface area (Å²) in [5.41, 5.74) is 1.03. The van der Waals surface area contributed by atoms with Crippen molar-refractivity contribution in [2.75, 3.05) is 13.1 Å². The van der Waals surface area contributed by atoms with Crippen LogP contribution in [0.2, 0.25) is 0 Å². The van der Waals surface area contributed by atoms with Crippen LogP contribution in [0.15, 0.2) is 59.5 Å². The van der Waals surface area contributed by atoms with Gasteiger partial charge in [-0.25, -0.2) is 12.7 Å². The maximum atomic E-state index is 13.1. The van der Waals surface area contributed by atoms with Crippen LogP contribution >= 0.6 is 0 Å². The van der Waals surface area contributed by atoms with Crippen molar-refractivity contribution < 1.29 is 22.8 Å². The van der Waals surface area contributed by atoms with E-state index in [9.17, 15) is 22.8 Å². The van der Waals surface area contributed by atoms with Crippen molar-refractivity contribution in [3.63, 3.8) is 0 Å². The molecular formula is C24H29N3O5S. The molecule has 0 aliphatic carbocycles. The van der Waals surface area contributed by atoms with Gasteiger partial charge in [0.1, 0.15) is 10.9 Å². The van der Waals surface area contributed by atoms with Crippen LogP contribution < -0.4 is 5.32 Å². The largest absolute Gasteiger partial charge is 0.354 e. The average Bonchev–Trinajstić information content (AvgIpc) is 3.01. The highest BCUT2D eigenvalue weighted by atomic mass is 32.2. The Bertz CT molecular complexity index is 1120. The van der Waals surface area contributed by atoms with Crippen molar-refractivity contribution in [2.24, 2.45) is 0 Å². The predicted molar refractivity (Wildman–Crippen MR) is 124 cm³/mol. The first-order valence-corrected chi connectivity index (χ1v) is 12.5. The topological polar surface area (TPSA) is 104 Å². The zero-order chi connectivity index (χ0) is 24.0. The number of fused-ring (bicyclic) bond motifs is 1. The second-order valence-corrected chi connectivity index (χ2v) is 9.79. The zero-order valence-electron chi connectivity index (χ0n) is 18.9. The quantitative estimate of drug-likeness (QED) is 0.574. The Labute approximate surface area is 194 Å². The molecule has 1 N–H and O–H groups in total. The summed E-state index contributed by atoms with van der Waals surface area (Å²) in [6.07, 6.45) is 0.950. The van der Waals surface area contributed by atoms with Crippen LogP contribution in [0.1, 0.15) is 49.0 Å². The van der Waals surface area contributed by atoms with Gasteiger partial charge in [0.05, 0.1) is 5.56 Å². The molecule has 0 bridgehead atoms. The summed E-state index contributed by atoms with van der Waals surface area (Å²) in [4.78, 5) is 39.7. The molecule has 2 aromatic carbocycles. The van der Waals surface area contributed by atoms with Crippen LogP contribution in [-0.4, -0.2) is 54.5 Å². The second-order valence-electron chi connectivity index (χ2n) is 7.96. The van der Waals surface area contributed by atoms with Gasteiger partial charge in [-0.2, -0.15) is 0 Å². The van der Waals surface area contributed by atoms with E-state index in [2.05, 4.69) is 5.32 Å². The Morgan fingerprint density at radius 1 is 1.06 bits per heavy atom. The highest BCUT2D eigenvalue weighted by molar-refractivity contribution is 7.90. The summed E-state index contributed by atoms with van der Waals surface area (Å²) in [5.74, 6) is -1.10. The maximum absolute atomic E-state index is 13.1. The van der Waals surface area contributed by atoms with Crippen molar-refractivity contribution in [1.82, 2.24) is 14.5 Å². The molecule has 1 heterocycles. The first-order chi connectivity index (χ1) is 15.8. The van der Waals surface area contributed by atoms with Crippen molar-refractivity contribution in [1.29, 1.82) is 0 Å². The van der Waals surface area contributed by atoms with Crippen LogP contribution in [0.25, 0.3) is 0 Å². The molecule has 0 saturated carbocycles. The highest BCUT2D eigenvalue weighted by Crippen LogP contribution is 2.30. The third-order valence-corrected chi connectivity index (χ3v) is 7.42. The summed E-state index contributed by atoms with van der Waals surface area (Å²) >= 11 is 0. The highest BCUT2D eigenvalue weighted by Gasteiger charge is 2.40. The van der Waals surface area contributed by atoms with E-state index in [4.69, 9.17) is 0 Å². The fourth-order valence-electron chi connectivity index (χ4n) is 3.73. The molecule has 1 atom stereocenters. The number of carbonyl (C=O) groups is 3. The molecule has 0 fully saturated rings. The van der Waals surface area contributed by atoms with Crippen LogP contribution in [0.4, 0.5) is 0 Å². The van der Waals surface area contributed by atoms with Gasteiger partial charge in [-0.05, 0) is 37.5 Å². The van der Waals surface area contributed by atoms with Gasteiger partial charge in [-0.1, -0.05) is 49.4 Å². The lowest BCUT2D eigenvalue weighted by Gasteiger charge is -2.29. The Morgan fingerprint density at radius 3 is 2.39 bits per heavy atom. The number of nitrogens with one attached hydrogen (secondary N) is 1. The summed E-state index contributed by atoms with van der Waals surface area (Å²) in [5, 5.41) is 2.82. The number of hydrogen-bond acceptors (Lipinski definition) is 5. The molecule has 2 aromatic rings. The molecule has 3 amide bonds. The number of rotatable bonds is 10. The second kappa shape index (κ2) is 10.6. The molecule has 9 heteroatoms. The monoisotopic (exact) mass is 471 g/mol. The smallest absolute Gasteiger partial charge is 0.269 e. The molecule has 0 radical (unpaired) electrons. The minimum absolute atomic E-state index is 0.00625. The third-order valence-electron chi connectivity index (χ3n) is 5.58. The molecule has 33 heavy (non-hydrogen) atoms. The van der Waals surface area contributed by atoms with Crippen LogP contribution in [-0.2, 0) is 26.2 Å².